The Morgan fingerprint density at radius 3 is 2.59 bits per heavy atom. The first-order valence-corrected chi connectivity index (χ1v) is 9.60. The fraction of sp³-hybridized carbons (Fsp3) is 0.500. The van der Waals surface area contributed by atoms with Crippen LogP contribution >= 0.6 is 24.0 Å². The summed E-state index contributed by atoms with van der Waals surface area (Å²) < 4.78 is 15.8. The van der Waals surface area contributed by atoms with Crippen molar-refractivity contribution in [2.24, 2.45) is 4.99 Å². The quantitative estimate of drug-likeness (QED) is 0.345. The number of hydrogen-bond donors (Lipinski definition) is 1. The second-order valence-corrected chi connectivity index (χ2v) is 6.58. The molecule has 1 aromatic carbocycles. The lowest BCUT2D eigenvalue weighted by molar-refractivity contribution is 0.169. The van der Waals surface area contributed by atoms with E-state index in [1.54, 1.807) is 20.5 Å². The maximum Gasteiger partial charge on any atom is 0.194 e. The number of benzene rings is 1. The van der Waals surface area contributed by atoms with Gasteiger partial charge in [-0.1, -0.05) is 17.3 Å². The molecule has 29 heavy (non-hydrogen) atoms. The lowest BCUT2D eigenvalue weighted by Crippen LogP contribution is -2.52. The third-order valence-corrected chi connectivity index (χ3v) is 4.77. The molecule has 0 amide bonds. The highest BCUT2D eigenvalue weighted by Gasteiger charge is 2.20. The van der Waals surface area contributed by atoms with Gasteiger partial charge in [-0.15, -0.1) is 24.0 Å². The molecule has 0 spiro atoms. The number of nitrogens with one attached hydrogen (secondary N) is 1. The minimum atomic E-state index is 0. The Hall–Kier alpha value is -2.01. The van der Waals surface area contributed by atoms with E-state index >= 15 is 0 Å². The van der Waals surface area contributed by atoms with E-state index in [9.17, 15) is 0 Å². The van der Waals surface area contributed by atoms with Gasteiger partial charge in [0.05, 0.1) is 26.5 Å². The Morgan fingerprint density at radius 1 is 1.17 bits per heavy atom. The van der Waals surface area contributed by atoms with Gasteiger partial charge >= 0.3 is 0 Å². The Labute approximate surface area is 189 Å². The molecule has 0 bridgehead atoms. The fourth-order valence-corrected chi connectivity index (χ4v) is 3.33. The average Bonchev–Trinajstić information content (AvgIpc) is 3.24. The van der Waals surface area contributed by atoms with Crippen molar-refractivity contribution in [1.29, 1.82) is 0 Å². The molecule has 160 valence electrons. The summed E-state index contributed by atoms with van der Waals surface area (Å²) >= 11 is 0. The zero-order valence-electron chi connectivity index (χ0n) is 17.3. The zero-order chi connectivity index (χ0) is 19.8. The minimum Gasteiger partial charge on any atom is -0.493 e. The Morgan fingerprint density at radius 2 is 1.97 bits per heavy atom. The zero-order valence-corrected chi connectivity index (χ0v) is 19.6. The van der Waals surface area contributed by atoms with E-state index in [1.165, 1.54) is 0 Å². The van der Waals surface area contributed by atoms with Gasteiger partial charge in [0, 0.05) is 50.9 Å². The fourth-order valence-electron chi connectivity index (χ4n) is 3.33. The van der Waals surface area contributed by atoms with Crippen LogP contribution in [-0.2, 0) is 13.1 Å². The lowest BCUT2D eigenvalue weighted by atomic mass is 10.2. The molecule has 0 unspecified atom stereocenters. The molecule has 9 heteroatoms. The second-order valence-electron chi connectivity index (χ2n) is 6.58. The summed E-state index contributed by atoms with van der Waals surface area (Å²) in [5.41, 5.74) is 1.97. The largest absolute Gasteiger partial charge is 0.493 e. The predicted octanol–water partition coefficient (Wildman–Crippen LogP) is 2.59. The highest BCUT2D eigenvalue weighted by molar-refractivity contribution is 14.0. The van der Waals surface area contributed by atoms with Crippen LogP contribution in [0.5, 0.6) is 11.5 Å². The molecule has 1 aliphatic rings. The number of hydrogen-bond acceptors (Lipinski definition) is 6. The standard InChI is InChI=1S/C20H29N5O3.HI/c1-4-21-20(22-14-16-6-5-7-18(26-2)19(16)27-3)25-11-9-24(10-12-25)15-17-8-13-28-23-17;/h5-8,13H,4,9-12,14-15H2,1-3H3,(H,21,22);1H. The Bertz CT molecular complexity index is 761. The van der Waals surface area contributed by atoms with Crippen molar-refractivity contribution < 1.29 is 14.0 Å². The Kier molecular flexibility index (Phi) is 9.52. The van der Waals surface area contributed by atoms with Gasteiger partial charge in [-0.3, -0.25) is 4.90 Å². The van der Waals surface area contributed by atoms with Gasteiger partial charge in [-0.05, 0) is 13.0 Å². The predicted molar refractivity (Wildman–Crippen MR) is 123 cm³/mol. The molecule has 0 radical (unpaired) electrons. The summed E-state index contributed by atoms with van der Waals surface area (Å²) in [7, 11) is 3.30. The van der Waals surface area contributed by atoms with Gasteiger partial charge < -0.3 is 24.2 Å². The highest BCUT2D eigenvalue weighted by atomic mass is 127. The van der Waals surface area contributed by atoms with Gasteiger partial charge in [0.1, 0.15) is 6.26 Å². The lowest BCUT2D eigenvalue weighted by Gasteiger charge is -2.36. The highest BCUT2D eigenvalue weighted by Crippen LogP contribution is 2.31. The first-order valence-electron chi connectivity index (χ1n) is 9.60. The van der Waals surface area contributed by atoms with E-state index in [-0.39, 0.29) is 24.0 Å². The third-order valence-electron chi connectivity index (χ3n) is 4.77. The number of rotatable bonds is 7. The topological polar surface area (TPSA) is 75.4 Å². The van der Waals surface area contributed by atoms with Crippen LogP contribution in [0.25, 0.3) is 0 Å². The minimum absolute atomic E-state index is 0. The molecule has 0 saturated carbocycles. The van der Waals surface area contributed by atoms with Crippen LogP contribution in [0, 0.1) is 0 Å². The molecule has 1 aromatic heterocycles. The van der Waals surface area contributed by atoms with Crippen LogP contribution in [0.15, 0.2) is 40.0 Å². The van der Waals surface area contributed by atoms with Crippen LogP contribution in [0.3, 0.4) is 0 Å². The van der Waals surface area contributed by atoms with E-state index in [0.29, 0.717) is 6.54 Å². The van der Waals surface area contributed by atoms with Gasteiger partial charge in [-0.25, -0.2) is 4.99 Å². The number of methoxy groups -OCH3 is 2. The Balaban J connectivity index is 0.00000300. The van der Waals surface area contributed by atoms with E-state index in [0.717, 1.165) is 68.0 Å². The van der Waals surface area contributed by atoms with Gasteiger partial charge in [0.15, 0.2) is 17.5 Å². The van der Waals surface area contributed by atoms with Crippen molar-refractivity contribution in [3.05, 3.63) is 41.8 Å². The molecular weight excluding hydrogens is 485 g/mol. The molecule has 2 heterocycles. The van der Waals surface area contributed by atoms with Crippen LogP contribution < -0.4 is 14.8 Å². The maximum atomic E-state index is 5.52. The average molecular weight is 515 g/mol. The summed E-state index contributed by atoms with van der Waals surface area (Å²) in [6.45, 7) is 8.01. The summed E-state index contributed by atoms with van der Waals surface area (Å²) in [6.07, 6.45) is 1.62. The van der Waals surface area contributed by atoms with Crippen molar-refractivity contribution in [2.45, 2.75) is 20.0 Å². The van der Waals surface area contributed by atoms with E-state index < -0.39 is 0 Å². The first kappa shape index (κ1) is 23.3. The smallest absolute Gasteiger partial charge is 0.194 e. The van der Waals surface area contributed by atoms with E-state index in [2.05, 4.69) is 27.2 Å². The van der Waals surface area contributed by atoms with Crippen LogP contribution in [0.2, 0.25) is 0 Å². The number of piperazine rings is 1. The summed E-state index contributed by atoms with van der Waals surface area (Å²) in [4.78, 5) is 9.52. The van der Waals surface area contributed by atoms with Crippen molar-refractivity contribution >= 4 is 29.9 Å². The number of ether oxygens (including phenoxy) is 2. The number of para-hydroxylation sites is 1. The van der Waals surface area contributed by atoms with Crippen LogP contribution in [0.1, 0.15) is 18.2 Å². The van der Waals surface area contributed by atoms with Crippen molar-refractivity contribution in [3.63, 3.8) is 0 Å². The van der Waals surface area contributed by atoms with Gasteiger partial charge in [0.25, 0.3) is 0 Å². The summed E-state index contributed by atoms with van der Waals surface area (Å²) in [5.74, 6) is 2.39. The number of aliphatic imine (C=N–C) groups is 1. The van der Waals surface area contributed by atoms with Crippen molar-refractivity contribution in [3.8, 4) is 11.5 Å². The molecular formula is C20H30IN5O3. The molecule has 1 aliphatic heterocycles. The molecule has 1 fully saturated rings. The number of guanidine groups is 1. The van der Waals surface area contributed by atoms with Crippen molar-refractivity contribution in [1.82, 2.24) is 20.3 Å². The molecule has 1 N–H and O–H groups in total. The monoisotopic (exact) mass is 515 g/mol. The summed E-state index contributed by atoms with van der Waals surface area (Å²) in [6, 6.07) is 7.79. The first-order chi connectivity index (χ1) is 13.7. The number of aromatic nitrogens is 1. The normalized spacial score (nSPS) is 15.0. The molecule has 0 aliphatic carbocycles. The molecule has 8 nitrogen and oxygen atoms in total. The van der Waals surface area contributed by atoms with E-state index in [1.807, 2.05) is 24.3 Å². The summed E-state index contributed by atoms with van der Waals surface area (Å²) in [5, 5.41) is 7.41. The third kappa shape index (κ3) is 6.23. The molecule has 3 rings (SSSR count). The molecule has 2 aromatic rings. The van der Waals surface area contributed by atoms with Crippen LogP contribution in [-0.4, -0.2) is 67.9 Å². The van der Waals surface area contributed by atoms with E-state index in [4.69, 9.17) is 19.0 Å². The SMILES string of the molecule is CCNC(=NCc1cccc(OC)c1OC)N1CCN(Cc2ccon2)CC1.I. The van der Waals surface area contributed by atoms with Crippen molar-refractivity contribution in [2.75, 3.05) is 46.9 Å². The molecule has 1 saturated heterocycles. The maximum absolute atomic E-state index is 5.52. The second kappa shape index (κ2) is 11.9. The van der Waals surface area contributed by atoms with Gasteiger partial charge in [0.2, 0.25) is 0 Å². The van der Waals surface area contributed by atoms with Crippen LogP contribution in [0.4, 0.5) is 0 Å². The van der Waals surface area contributed by atoms with Gasteiger partial charge in [-0.2, -0.15) is 0 Å². The number of nitrogens with zero attached hydrogens (tertiary/aromatic N) is 4. The molecule has 0 atom stereocenters. The number of halogens is 1.